The van der Waals surface area contributed by atoms with E-state index >= 15 is 0 Å². The molecule has 0 radical (unpaired) electrons. The predicted octanol–water partition coefficient (Wildman–Crippen LogP) is 7.14. The summed E-state index contributed by atoms with van der Waals surface area (Å²) in [7, 11) is 0. The summed E-state index contributed by atoms with van der Waals surface area (Å²) in [6.07, 6.45) is 28.3. The third-order valence-electron chi connectivity index (χ3n) is 6.78. The molecule has 5 heteroatoms. The Morgan fingerprint density at radius 1 is 0.667 bits per heavy atom. The Morgan fingerprint density at radius 2 is 1.14 bits per heavy atom. The number of aliphatic hydroxyl groups excluding tert-OH is 3. The van der Waals surface area contributed by atoms with Crippen molar-refractivity contribution in [2.75, 3.05) is 6.61 Å². The number of unbranched alkanes of at least 4 members (excludes halogenated alkanes) is 14. The lowest BCUT2D eigenvalue weighted by Gasteiger charge is -2.26. The highest BCUT2D eigenvalue weighted by Gasteiger charge is 2.26. The van der Waals surface area contributed by atoms with Crippen LogP contribution >= 0.6 is 0 Å². The lowest BCUT2D eigenvalue weighted by atomic mass is 10.0. The van der Waals surface area contributed by atoms with Crippen LogP contribution in [-0.4, -0.2) is 46.1 Å². The number of hydrogen-bond acceptors (Lipinski definition) is 4. The Balaban J connectivity index is 3.85. The normalized spacial score (nSPS) is 14.5. The second kappa shape index (κ2) is 26.9. The molecule has 212 valence electrons. The summed E-state index contributed by atoms with van der Waals surface area (Å²) >= 11 is 0. The van der Waals surface area contributed by atoms with Crippen LogP contribution in [-0.2, 0) is 4.79 Å². The first-order valence-electron chi connectivity index (χ1n) is 15.1. The molecule has 0 heterocycles. The second-order valence-corrected chi connectivity index (χ2v) is 10.3. The number of nitrogens with one attached hydrogen (secondary N) is 1. The maximum absolute atomic E-state index is 12.2. The van der Waals surface area contributed by atoms with Crippen LogP contribution in [0.25, 0.3) is 0 Å². The van der Waals surface area contributed by atoms with Gasteiger partial charge < -0.3 is 20.6 Å². The highest BCUT2D eigenvalue weighted by atomic mass is 16.3. The molecule has 0 aromatic heterocycles. The maximum Gasteiger partial charge on any atom is 0.220 e. The standard InChI is InChI=1S/C31H59NO4/c1-3-5-7-9-11-13-15-17-19-21-23-25-29(34)31(36)28(27-33)32-30(35)26-24-22-20-18-16-14-12-10-8-6-4-2/h10,12,17,19,28-29,31,33-34,36H,3-9,11,13-16,18,20-27H2,1-2H3,(H,32,35)/b12-10-,19-17+. The number of aliphatic hydroxyl groups is 3. The zero-order valence-electron chi connectivity index (χ0n) is 23.6. The van der Waals surface area contributed by atoms with Gasteiger partial charge in [0.2, 0.25) is 5.91 Å². The van der Waals surface area contributed by atoms with Gasteiger partial charge in [0.15, 0.2) is 0 Å². The topological polar surface area (TPSA) is 89.8 Å². The Morgan fingerprint density at radius 3 is 1.69 bits per heavy atom. The average molecular weight is 510 g/mol. The molecule has 0 saturated heterocycles. The Labute approximate surface area is 222 Å². The van der Waals surface area contributed by atoms with Crippen LogP contribution in [0, 0.1) is 0 Å². The predicted molar refractivity (Wildman–Crippen MR) is 153 cm³/mol. The molecular weight excluding hydrogens is 450 g/mol. The van der Waals surface area contributed by atoms with E-state index in [1.54, 1.807) is 0 Å². The van der Waals surface area contributed by atoms with E-state index in [9.17, 15) is 20.1 Å². The Hall–Kier alpha value is -1.17. The Kier molecular flexibility index (Phi) is 26.0. The molecule has 5 nitrogen and oxygen atoms in total. The zero-order chi connectivity index (χ0) is 26.7. The number of carbonyl (C=O) groups excluding carboxylic acids is 1. The van der Waals surface area contributed by atoms with Crippen LogP contribution in [0.4, 0.5) is 0 Å². The maximum atomic E-state index is 12.2. The smallest absolute Gasteiger partial charge is 0.220 e. The van der Waals surface area contributed by atoms with Crippen molar-refractivity contribution >= 4 is 5.91 Å². The third-order valence-corrected chi connectivity index (χ3v) is 6.78. The SMILES string of the molecule is CCCC/C=C\CCCCCCCC(=O)NC(CO)C(O)C(O)CCC/C=C/CCCCCCCC. The lowest BCUT2D eigenvalue weighted by Crippen LogP contribution is -2.50. The number of rotatable bonds is 26. The van der Waals surface area contributed by atoms with Crippen molar-refractivity contribution in [1.82, 2.24) is 5.32 Å². The summed E-state index contributed by atoms with van der Waals surface area (Å²) in [5, 5.41) is 33.0. The highest BCUT2D eigenvalue weighted by Crippen LogP contribution is 2.12. The van der Waals surface area contributed by atoms with E-state index in [1.807, 2.05) is 0 Å². The molecule has 0 aliphatic rings. The lowest BCUT2D eigenvalue weighted by molar-refractivity contribution is -0.124. The van der Waals surface area contributed by atoms with E-state index in [0.29, 0.717) is 12.8 Å². The van der Waals surface area contributed by atoms with Crippen molar-refractivity contribution in [3.05, 3.63) is 24.3 Å². The van der Waals surface area contributed by atoms with Gasteiger partial charge in [-0.05, 0) is 57.8 Å². The largest absolute Gasteiger partial charge is 0.394 e. The first-order valence-corrected chi connectivity index (χ1v) is 15.1. The van der Waals surface area contributed by atoms with Crippen molar-refractivity contribution in [2.24, 2.45) is 0 Å². The van der Waals surface area contributed by atoms with Crippen LogP contribution in [0.1, 0.15) is 142 Å². The van der Waals surface area contributed by atoms with E-state index < -0.39 is 18.2 Å². The van der Waals surface area contributed by atoms with Gasteiger partial charge in [-0.3, -0.25) is 4.79 Å². The molecule has 0 aromatic rings. The van der Waals surface area contributed by atoms with Crippen molar-refractivity contribution in [3.8, 4) is 0 Å². The first kappa shape index (κ1) is 34.8. The van der Waals surface area contributed by atoms with E-state index in [2.05, 4.69) is 43.5 Å². The minimum absolute atomic E-state index is 0.170. The molecule has 0 aromatic carbocycles. The molecule has 36 heavy (non-hydrogen) atoms. The van der Waals surface area contributed by atoms with E-state index in [0.717, 1.165) is 44.9 Å². The molecule has 0 spiro atoms. The fourth-order valence-corrected chi connectivity index (χ4v) is 4.32. The van der Waals surface area contributed by atoms with Gasteiger partial charge in [0, 0.05) is 6.42 Å². The minimum Gasteiger partial charge on any atom is -0.394 e. The number of amides is 1. The molecule has 0 aliphatic heterocycles. The third kappa shape index (κ3) is 22.1. The van der Waals surface area contributed by atoms with Crippen molar-refractivity contribution < 1.29 is 20.1 Å². The summed E-state index contributed by atoms with van der Waals surface area (Å²) in [4.78, 5) is 12.2. The number of hydrogen-bond donors (Lipinski definition) is 4. The van der Waals surface area contributed by atoms with Gasteiger partial charge in [0.25, 0.3) is 0 Å². The Bertz CT molecular complexity index is 535. The molecule has 3 unspecified atom stereocenters. The molecule has 0 saturated carbocycles. The van der Waals surface area contributed by atoms with Gasteiger partial charge in [0.1, 0.15) is 6.10 Å². The van der Waals surface area contributed by atoms with Crippen LogP contribution in [0.5, 0.6) is 0 Å². The van der Waals surface area contributed by atoms with Crippen molar-refractivity contribution in [2.45, 2.75) is 161 Å². The van der Waals surface area contributed by atoms with Crippen LogP contribution in [0.15, 0.2) is 24.3 Å². The quantitative estimate of drug-likeness (QED) is 0.0737. The van der Waals surface area contributed by atoms with Crippen LogP contribution in [0.2, 0.25) is 0 Å². The second-order valence-electron chi connectivity index (χ2n) is 10.3. The van der Waals surface area contributed by atoms with Crippen molar-refractivity contribution in [3.63, 3.8) is 0 Å². The molecule has 0 rings (SSSR count). The molecule has 0 fully saturated rings. The van der Waals surface area contributed by atoms with Crippen LogP contribution < -0.4 is 5.32 Å². The summed E-state index contributed by atoms with van der Waals surface area (Å²) in [6.45, 7) is 4.06. The van der Waals surface area contributed by atoms with Gasteiger partial charge in [-0.1, -0.05) is 102 Å². The average Bonchev–Trinajstić information content (AvgIpc) is 2.88. The van der Waals surface area contributed by atoms with E-state index in [-0.39, 0.29) is 12.5 Å². The molecule has 4 N–H and O–H groups in total. The van der Waals surface area contributed by atoms with Crippen LogP contribution in [0.3, 0.4) is 0 Å². The van der Waals surface area contributed by atoms with Gasteiger partial charge in [-0.2, -0.15) is 0 Å². The molecule has 0 bridgehead atoms. The summed E-state index contributed by atoms with van der Waals surface area (Å²) in [5.74, 6) is -0.170. The van der Waals surface area contributed by atoms with E-state index in [1.165, 1.54) is 70.6 Å². The van der Waals surface area contributed by atoms with Gasteiger partial charge >= 0.3 is 0 Å². The number of carbonyl (C=O) groups is 1. The van der Waals surface area contributed by atoms with Crippen molar-refractivity contribution in [1.29, 1.82) is 0 Å². The zero-order valence-corrected chi connectivity index (χ0v) is 23.6. The summed E-state index contributed by atoms with van der Waals surface area (Å²) in [6, 6.07) is -0.824. The molecular formula is C31H59NO4. The monoisotopic (exact) mass is 509 g/mol. The minimum atomic E-state index is -1.16. The van der Waals surface area contributed by atoms with Gasteiger partial charge in [0.05, 0.1) is 18.8 Å². The van der Waals surface area contributed by atoms with E-state index in [4.69, 9.17) is 0 Å². The fraction of sp³-hybridized carbons (Fsp3) is 0.839. The molecule has 0 aliphatic carbocycles. The fourth-order valence-electron chi connectivity index (χ4n) is 4.32. The molecule has 3 atom stereocenters. The number of allylic oxidation sites excluding steroid dienone is 4. The van der Waals surface area contributed by atoms with Gasteiger partial charge in [-0.15, -0.1) is 0 Å². The summed E-state index contributed by atoms with van der Waals surface area (Å²) in [5.41, 5.74) is 0. The summed E-state index contributed by atoms with van der Waals surface area (Å²) < 4.78 is 0. The highest BCUT2D eigenvalue weighted by molar-refractivity contribution is 5.76. The molecule has 1 amide bonds. The first-order chi connectivity index (χ1) is 17.6. The van der Waals surface area contributed by atoms with Gasteiger partial charge in [-0.25, -0.2) is 0 Å².